The van der Waals surface area contributed by atoms with Gasteiger partial charge in [-0.25, -0.2) is 4.98 Å². The van der Waals surface area contributed by atoms with Gasteiger partial charge in [0.1, 0.15) is 12.0 Å². The lowest BCUT2D eigenvalue weighted by Gasteiger charge is -2.37. The number of nitro groups is 1. The number of benzene rings is 1. The first-order valence-corrected chi connectivity index (χ1v) is 11.8. The topological polar surface area (TPSA) is 136 Å². The van der Waals surface area contributed by atoms with E-state index >= 15 is 0 Å². The maximum atomic E-state index is 12.8. The van der Waals surface area contributed by atoms with Gasteiger partial charge in [-0.05, 0) is 47.9 Å². The van der Waals surface area contributed by atoms with Crippen molar-refractivity contribution in [3.8, 4) is 0 Å². The van der Waals surface area contributed by atoms with Gasteiger partial charge in [-0.2, -0.15) is 0 Å². The Bertz CT molecular complexity index is 1040. The summed E-state index contributed by atoms with van der Waals surface area (Å²) in [6.07, 6.45) is 6.83. The maximum absolute atomic E-state index is 12.8. The molecule has 1 aliphatic heterocycles. The van der Waals surface area contributed by atoms with Crippen molar-refractivity contribution in [2.24, 2.45) is 11.8 Å². The Labute approximate surface area is 203 Å². The SMILES string of the molecule is O=C(NCCNc1ccc([N+](=O)[O-])cn1)C1=C[C@@H](C2CCC2)C[C@@H](OCc2ccc(CO)cc2)O1. The lowest BCUT2D eigenvalue weighted by molar-refractivity contribution is -0.385. The van der Waals surface area contributed by atoms with E-state index in [0.29, 0.717) is 37.9 Å². The number of allylic oxidation sites excluding steroid dienone is 1. The number of aliphatic hydroxyl groups excluding tert-OH is 1. The Morgan fingerprint density at radius 1 is 1.17 bits per heavy atom. The first kappa shape index (κ1) is 24.6. The third kappa shape index (κ3) is 6.77. The van der Waals surface area contributed by atoms with E-state index in [1.807, 2.05) is 30.3 Å². The van der Waals surface area contributed by atoms with Gasteiger partial charge in [0, 0.05) is 25.6 Å². The maximum Gasteiger partial charge on any atom is 0.287 e. The number of nitrogens with zero attached hydrogens (tertiary/aromatic N) is 2. The highest BCUT2D eigenvalue weighted by Gasteiger charge is 2.34. The molecule has 3 N–H and O–H groups in total. The molecule has 1 aliphatic carbocycles. The van der Waals surface area contributed by atoms with Gasteiger partial charge in [0.2, 0.25) is 6.29 Å². The predicted octanol–water partition coefficient (Wildman–Crippen LogP) is 3.27. The lowest BCUT2D eigenvalue weighted by atomic mass is 9.73. The van der Waals surface area contributed by atoms with Crippen LogP contribution >= 0.6 is 0 Å². The first-order chi connectivity index (χ1) is 17.0. The highest BCUT2D eigenvalue weighted by molar-refractivity contribution is 5.91. The molecule has 0 unspecified atom stereocenters. The summed E-state index contributed by atoms with van der Waals surface area (Å²) in [6, 6.07) is 10.4. The summed E-state index contributed by atoms with van der Waals surface area (Å²) in [5.74, 6) is 1.26. The Balaban J connectivity index is 1.28. The average Bonchev–Trinajstić information content (AvgIpc) is 2.84. The summed E-state index contributed by atoms with van der Waals surface area (Å²) in [5.41, 5.74) is 1.73. The van der Waals surface area contributed by atoms with Crippen molar-refractivity contribution in [1.82, 2.24) is 10.3 Å². The number of anilines is 1. The zero-order chi connectivity index (χ0) is 24.6. The van der Waals surface area contributed by atoms with Crippen LogP contribution in [0, 0.1) is 22.0 Å². The Morgan fingerprint density at radius 2 is 1.94 bits per heavy atom. The van der Waals surface area contributed by atoms with Crippen LogP contribution in [-0.4, -0.2) is 40.3 Å². The number of hydrogen-bond acceptors (Lipinski definition) is 8. The molecule has 0 saturated heterocycles. The fourth-order valence-electron chi connectivity index (χ4n) is 4.12. The van der Waals surface area contributed by atoms with Crippen LogP contribution in [0.4, 0.5) is 11.5 Å². The van der Waals surface area contributed by atoms with Gasteiger partial charge in [-0.15, -0.1) is 0 Å². The summed E-state index contributed by atoms with van der Waals surface area (Å²) in [6.45, 7) is 1.09. The minimum Gasteiger partial charge on any atom is -0.459 e. The van der Waals surface area contributed by atoms with Crippen molar-refractivity contribution >= 4 is 17.4 Å². The molecule has 2 aliphatic rings. The second-order valence-corrected chi connectivity index (χ2v) is 8.80. The van der Waals surface area contributed by atoms with Crippen molar-refractivity contribution in [3.05, 3.63) is 75.7 Å². The predicted molar refractivity (Wildman–Crippen MR) is 128 cm³/mol. The molecule has 0 bridgehead atoms. The van der Waals surface area contributed by atoms with Crippen LogP contribution < -0.4 is 10.6 Å². The minimum atomic E-state index is -0.508. The van der Waals surface area contributed by atoms with Gasteiger partial charge < -0.3 is 25.2 Å². The molecule has 1 aromatic heterocycles. The second kappa shape index (κ2) is 11.8. The number of ether oxygens (including phenoxy) is 2. The van der Waals surface area contributed by atoms with Crippen molar-refractivity contribution in [2.45, 2.75) is 45.2 Å². The third-order valence-corrected chi connectivity index (χ3v) is 6.38. The molecule has 2 aromatic rings. The van der Waals surface area contributed by atoms with E-state index in [2.05, 4.69) is 15.6 Å². The number of hydrogen-bond donors (Lipinski definition) is 3. The summed E-state index contributed by atoms with van der Waals surface area (Å²) in [5, 5.41) is 25.8. The first-order valence-electron chi connectivity index (χ1n) is 11.8. The van der Waals surface area contributed by atoms with E-state index < -0.39 is 11.2 Å². The van der Waals surface area contributed by atoms with E-state index in [1.165, 1.54) is 24.8 Å². The molecule has 10 heteroatoms. The average molecular weight is 483 g/mol. The van der Waals surface area contributed by atoms with Crippen LogP contribution in [0.15, 0.2) is 54.4 Å². The molecule has 4 rings (SSSR count). The summed E-state index contributed by atoms with van der Waals surface area (Å²) in [7, 11) is 0. The molecule has 10 nitrogen and oxygen atoms in total. The number of aromatic nitrogens is 1. The van der Waals surface area contributed by atoms with E-state index in [4.69, 9.17) is 9.47 Å². The van der Waals surface area contributed by atoms with Crippen LogP contribution in [0.3, 0.4) is 0 Å². The van der Waals surface area contributed by atoms with Crippen molar-refractivity contribution in [1.29, 1.82) is 0 Å². The van der Waals surface area contributed by atoms with Crippen LogP contribution in [-0.2, 0) is 27.5 Å². The highest BCUT2D eigenvalue weighted by Crippen LogP contribution is 2.40. The Hall–Kier alpha value is -3.50. The molecular weight excluding hydrogens is 452 g/mol. The normalized spacial score (nSPS) is 19.7. The monoisotopic (exact) mass is 482 g/mol. The molecule has 2 atom stereocenters. The Kier molecular flexibility index (Phi) is 8.27. The smallest absolute Gasteiger partial charge is 0.287 e. The Morgan fingerprint density at radius 3 is 2.57 bits per heavy atom. The van der Waals surface area contributed by atoms with Crippen molar-refractivity contribution in [2.75, 3.05) is 18.4 Å². The number of carbonyl (C=O) groups is 1. The van der Waals surface area contributed by atoms with E-state index in [0.717, 1.165) is 24.0 Å². The second-order valence-electron chi connectivity index (χ2n) is 8.80. The summed E-state index contributed by atoms with van der Waals surface area (Å²) in [4.78, 5) is 27.0. The molecular formula is C25H30N4O6. The number of amides is 1. The summed E-state index contributed by atoms with van der Waals surface area (Å²) < 4.78 is 11.9. The van der Waals surface area contributed by atoms with Gasteiger partial charge in [0.25, 0.3) is 11.6 Å². The number of aliphatic hydroxyl groups is 1. The number of rotatable bonds is 11. The molecule has 1 amide bonds. The zero-order valence-electron chi connectivity index (χ0n) is 19.4. The van der Waals surface area contributed by atoms with E-state index in [9.17, 15) is 20.0 Å². The quantitative estimate of drug-likeness (QED) is 0.252. The molecule has 1 aromatic carbocycles. The van der Waals surface area contributed by atoms with Gasteiger partial charge in [0.05, 0.1) is 18.1 Å². The van der Waals surface area contributed by atoms with Crippen LogP contribution in [0.2, 0.25) is 0 Å². The molecule has 1 fully saturated rings. The minimum absolute atomic E-state index is 0.000876. The fourth-order valence-corrected chi connectivity index (χ4v) is 4.12. The number of carbonyl (C=O) groups excluding carboxylic acids is 1. The van der Waals surface area contributed by atoms with Gasteiger partial charge in [0.15, 0.2) is 5.76 Å². The van der Waals surface area contributed by atoms with E-state index in [1.54, 1.807) is 0 Å². The molecule has 1 saturated carbocycles. The highest BCUT2D eigenvalue weighted by atomic mass is 16.7. The van der Waals surface area contributed by atoms with Gasteiger partial charge in [-0.1, -0.05) is 30.7 Å². The van der Waals surface area contributed by atoms with Crippen LogP contribution in [0.1, 0.15) is 36.8 Å². The van der Waals surface area contributed by atoms with Crippen molar-refractivity contribution < 1.29 is 24.3 Å². The van der Waals surface area contributed by atoms with Crippen LogP contribution in [0.25, 0.3) is 0 Å². The van der Waals surface area contributed by atoms with Crippen molar-refractivity contribution in [3.63, 3.8) is 0 Å². The molecule has 2 heterocycles. The van der Waals surface area contributed by atoms with Crippen LogP contribution in [0.5, 0.6) is 0 Å². The summed E-state index contributed by atoms with van der Waals surface area (Å²) >= 11 is 0. The number of pyridine rings is 1. The molecule has 186 valence electrons. The van der Waals surface area contributed by atoms with Gasteiger partial charge >= 0.3 is 0 Å². The fraction of sp³-hybridized carbons (Fsp3) is 0.440. The standard InChI is InChI=1S/C25H30N4O6/c30-15-17-4-6-18(7-5-17)16-34-24-13-20(19-2-1-3-19)12-22(35-24)25(31)27-11-10-26-23-9-8-21(14-28-23)29(32)33/h4-9,12,14,19-20,24,30H,1-3,10-11,13,15-16H2,(H,26,28)(H,27,31)/t20-,24+/m1/s1. The zero-order valence-corrected chi connectivity index (χ0v) is 19.4. The molecule has 0 radical (unpaired) electrons. The van der Waals surface area contributed by atoms with Gasteiger partial charge in [-0.3, -0.25) is 14.9 Å². The lowest BCUT2D eigenvalue weighted by Crippen LogP contribution is -2.37. The third-order valence-electron chi connectivity index (χ3n) is 6.38. The largest absolute Gasteiger partial charge is 0.459 e. The molecule has 35 heavy (non-hydrogen) atoms. The molecule has 0 spiro atoms. The van der Waals surface area contributed by atoms with E-state index in [-0.39, 0.29) is 29.9 Å². The number of nitrogens with one attached hydrogen (secondary N) is 2.